The standard InChI is InChI=1S/C16H26O.C13H11N3/c1-4-7-10-13-16(5-2,6-3)14-11-8-9-12-15(14)17;1-14-11-7-4-8-12-13(11)16-10-6-3-2-5-9(10)15-12/h8-9,11-12,17H,4-7,10,13H2,1-3H3;2-8,14H,1H3. The van der Waals surface area contributed by atoms with Gasteiger partial charge in [0.05, 0.1) is 22.2 Å². The zero-order valence-corrected chi connectivity index (χ0v) is 20.4. The van der Waals surface area contributed by atoms with Crippen LogP contribution in [0, 0.1) is 0 Å². The van der Waals surface area contributed by atoms with Gasteiger partial charge in [0.25, 0.3) is 0 Å². The van der Waals surface area contributed by atoms with Crippen LogP contribution in [-0.2, 0) is 5.41 Å². The summed E-state index contributed by atoms with van der Waals surface area (Å²) >= 11 is 0. The number of rotatable bonds is 8. The maximum Gasteiger partial charge on any atom is 0.119 e. The van der Waals surface area contributed by atoms with Gasteiger partial charge in [0, 0.05) is 12.6 Å². The first-order valence-electron chi connectivity index (χ1n) is 12.2. The fourth-order valence-corrected chi connectivity index (χ4v) is 4.60. The summed E-state index contributed by atoms with van der Waals surface area (Å²) < 4.78 is 0. The molecule has 0 aliphatic rings. The van der Waals surface area contributed by atoms with E-state index in [1.165, 1.54) is 25.7 Å². The third kappa shape index (κ3) is 5.62. The number of phenols is 1. The molecule has 0 atom stereocenters. The predicted octanol–water partition coefficient (Wildman–Crippen LogP) is 7.86. The van der Waals surface area contributed by atoms with Crippen LogP contribution in [0.15, 0.2) is 66.7 Å². The Bertz CT molecular complexity index is 1170. The van der Waals surface area contributed by atoms with Gasteiger partial charge in [-0.1, -0.05) is 76.4 Å². The molecular weight excluding hydrogens is 406 g/mol. The van der Waals surface area contributed by atoms with Crippen molar-refractivity contribution in [3.05, 3.63) is 72.3 Å². The first kappa shape index (κ1) is 24.5. The molecule has 0 fully saturated rings. The highest BCUT2D eigenvalue weighted by molar-refractivity contribution is 5.93. The minimum absolute atomic E-state index is 0.167. The Balaban J connectivity index is 0.000000186. The third-order valence-corrected chi connectivity index (χ3v) is 6.73. The van der Waals surface area contributed by atoms with Gasteiger partial charge >= 0.3 is 0 Å². The molecule has 0 saturated heterocycles. The van der Waals surface area contributed by atoms with Crippen LogP contribution in [0.5, 0.6) is 5.75 Å². The molecule has 1 heterocycles. The average molecular weight is 444 g/mol. The van der Waals surface area contributed by atoms with E-state index in [1.807, 2.05) is 67.7 Å². The summed E-state index contributed by atoms with van der Waals surface area (Å²) in [5, 5.41) is 13.2. The molecule has 0 aliphatic carbocycles. The molecule has 0 saturated carbocycles. The van der Waals surface area contributed by atoms with Crippen LogP contribution in [0.4, 0.5) is 5.69 Å². The molecule has 0 amide bonds. The van der Waals surface area contributed by atoms with Gasteiger partial charge in [0.2, 0.25) is 0 Å². The minimum Gasteiger partial charge on any atom is -0.508 e. The predicted molar refractivity (Wildman–Crippen MR) is 141 cm³/mol. The van der Waals surface area contributed by atoms with E-state index in [4.69, 9.17) is 0 Å². The van der Waals surface area contributed by atoms with E-state index < -0.39 is 0 Å². The Morgan fingerprint density at radius 2 is 1.39 bits per heavy atom. The molecule has 2 N–H and O–H groups in total. The normalized spacial score (nSPS) is 11.3. The van der Waals surface area contributed by atoms with Crippen LogP contribution in [0.1, 0.15) is 64.9 Å². The quantitative estimate of drug-likeness (QED) is 0.215. The molecule has 1 aromatic heterocycles. The van der Waals surface area contributed by atoms with E-state index in [0.717, 1.165) is 46.2 Å². The SMILES string of the molecule is CCCCCC(CC)(CC)c1ccccc1O.CNc1cccc2nc3ccccc3nc12. The number of unbranched alkanes of at least 4 members (excludes halogenated alkanes) is 2. The highest BCUT2D eigenvalue weighted by Crippen LogP contribution is 2.41. The van der Waals surface area contributed by atoms with Crippen molar-refractivity contribution in [1.29, 1.82) is 0 Å². The lowest BCUT2D eigenvalue weighted by Gasteiger charge is -2.33. The zero-order chi connectivity index (χ0) is 23.7. The Morgan fingerprint density at radius 3 is 2.03 bits per heavy atom. The van der Waals surface area contributed by atoms with Crippen molar-refractivity contribution in [3.63, 3.8) is 0 Å². The van der Waals surface area contributed by atoms with Crippen LogP contribution in [0.2, 0.25) is 0 Å². The van der Waals surface area contributed by atoms with E-state index in [1.54, 1.807) is 0 Å². The molecule has 174 valence electrons. The molecule has 4 aromatic rings. The summed E-state index contributed by atoms with van der Waals surface area (Å²) in [5.74, 6) is 0.465. The average Bonchev–Trinajstić information content (AvgIpc) is 2.86. The summed E-state index contributed by atoms with van der Waals surface area (Å²) in [4.78, 5) is 9.21. The number of para-hydroxylation sites is 4. The van der Waals surface area contributed by atoms with Crippen molar-refractivity contribution in [2.45, 2.75) is 64.7 Å². The monoisotopic (exact) mass is 443 g/mol. The van der Waals surface area contributed by atoms with Gasteiger partial charge in [0.1, 0.15) is 11.3 Å². The lowest BCUT2D eigenvalue weighted by atomic mass is 9.72. The number of nitrogens with zero attached hydrogens (tertiary/aromatic N) is 2. The number of aromatic hydroxyl groups is 1. The van der Waals surface area contributed by atoms with E-state index in [-0.39, 0.29) is 5.41 Å². The van der Waals surface area contributed by atoms with Gasteiger partial charge < -0.3 is 10.4 Å². The molecule has 0 unspecified atom stereocenters. The maximum absolute atomic E-state index is 10.1. The van der Waals surface area contributed by atoms with Gasteiger partial charge in [-0.3, -0.25) is 0 Å². The van der Waals surface area contributed by atoms with Crippen LogP contribution < -0.4 is 5.32 Å². The van der Waals surface area contributed by atoms with Gasteiger partial charge in [-0.2, -0.15) is 0 Å². The summed E-state index contributed by atoms with van der Waals surface area (Å²) in [6.45, 7) is 6.71. The Labute approximate surface area is 198 Å². The van der Waals surface area contributed by atoms with Crippen LogP contribution in [0.3, 0.4) is 0 Å². The van der Waals surface area contributed by atoms with Gasteiger partial charge in [-0.25, -0.2) is 9.97 Å². The van der Waals surface area contributed by atoms with Crippen molar-refractivity contribution in [2.24, 2.45) is 0 Å². The number of hydrogen-bond acceptors (Lipinski definition) is 4. The summed E-state index contributed by atoms with van der Waals surface area (Å²) in [6.07, 6.45) is 7.19. The molecule has 3 aromatic carbocycles. The highest BCUT2D eigenvalue weighted by Gasteiger charge is 2.29. The number of nitrogens with one attached hydrogen (secondary N) is 1. The van der Waals surface area contributed by atoms with E-state index in [9.17, 15) is 5.11 Å². The number of phenolic OH excluding ortho intramolecular Hbond substituents is 1. The van der Waals surface area contributed by atoms with Crippen molar-refractivity contribution in [1.82, 2.24) is 9.97 Å². The molecule has 4 nitrogen and oxygen atoms in total. The summed E-state index contributed by atoms with van der Waals surface area (Å²) in [7, 11) is 1.89. The lowest BCUT2D eigenvalue weighted by Crippen LogP contribution is -2.24. The fraction of sp³-hybridized carbons (Fsp3) is 0.379. The third-order valence-electron chi connectivity index (χ3n) is 6.73. The molecule has 4 rings (SSSR count). The molecule has 0 spiro atoms. The van der Waals surface area contributed by atoms with Crippen LogP contribution in [0.25, 0.3) is 22.1 Å². The highest BCUT2D eigenvalue weighted by atomic mass is 16.3. The second-order valence-electron chi connectivity index (χ2n) is 8.60. The summed E-state index contributed by atoms with van der Waals surface area (Å²) in [5.41, 5.74) is 6.02. The van der Waals surface area contributed by atoms with E-state index in [0.29, 0.717) is 5.75 Å². The van der Waals surface area contributed by atoms with Gasteiger partial charge in [-0.15, -0.1) is 0 Å². The minimum atomic E-state index is 0.167. The molecule has 0 aliphatic heterocycles. The molecule has 0 bridgehead atoms. The lowest BCUT2D eigenvalue weighted by molar-refractivity contribution is 0.333. The van der Waals surface area contributed by atoms with Crippen molar-refractivity contribution >= 4 is 27.8 Å². The maximum atomic E-state index is 10.1. The van der Waals surface area contributed by atoms with Crippen LogP contribution >= 0.6 is 0 Å². The molecule has 4 heteroatoms. The smallest absolute Gasteiger partial charge is 0.119 e. The first-order valence-corrected chi connectivity index (χ1v) is 12.2. The first-order chi connectivity index (χ1) is 16.1. The number of benzene rings is 3. The Kier molecular flexibility index (Phi) is 8.65. The van der Waals surface area contributed by atoms with Crippen molar-refractivity contribution < 1.29 is 5.11 Å². The van der Waals surface area contributed by atoms with E-state index >= 15 is 0 Å². The summed E-state index contributed by atoms with van der Waals surface area (Å²) in [6, 6.07) is 21.7. The number of fused-ring (bicyclic) bond motifs is 2. The number of hydrogen-bond donors (Lipinski definition) is 2. The zero-order valence-electron chi connectivity index (χ0n) is 20.4. The Morgan fingerprint density at radius 1 is 0.758 bits per heavy atom. The second-order valence-corrected chi connectivity index (χ2v) is 8.60. The molecule has 0 radical (unpaired) electrons. The number of anilines is 1. The molecule has 33 heavy (non-hydrogen) atoms. The number of aromatic nitrogens is 2. The van der Waals surface area contributed by atoms with Crippen molar-refractivity contribution in [3.8, 4) is 5.75 Å². The largest absolute Gasteiger partial charge is 0.508 e. The second kappa shape index (κ2) is 11.6. The Hall–Kier alpha value is -3.14. The van der Waals surface area contributed by atoms with Crippen LogP contribution in [-0.4, -0.2) is 22.1 Å². The van der Waals surface area contributed by atoms with Gasteiger partial charge in [0.15, 0.2) is 0 Å². The molecular formula is C29H37N3O. The van der Waals surface area contributed by atoms with Crippen molar-refractivity contribution in [2.75, 3.05) is 12.4 Å². The topological polar surface area (TPSA) is 58.0 Å². The van der Waals surface area contributed by atoms with Gasteiger partial charge in [-0.05, 0) is 55.0 Å². The van der Waals surface area contributed by atoms with E-state index in [2.05, 4.69) is 42.1 Å². The fourth-order valence-electron chi connectivity index (χ4n) is 4.60.